The maximum atomic E-state index is 14.2. The Morgan fingerprint density at radius 1 is 0.969 bits per heavy atom. The van der Waals surface area contributed by atoms with E-state index < -0.39 is 0 Å². The largest absolute Gasteiger partial charge is 0.395 e. The van der Waals surface area contributed by atoms with Crippen molar-refractivity contribution in [1.29, 1.82) is 0 Å². The van der Waals surface area contributed by atoms with Gasteiger partial charge in [-0.25, -0.2) is 4.39 Å². The van der Waals surface area contributed by atoms with E-state index in [1.54, 1.807) is 6.07 Å². The molecule has 0 unspecified atom stereocenters. The van der Waals surface area contributed by atoms with E-state index in [1.165, 1.54) is 23.6 Å². The third-order valence-corrected chi connectivity index (χ3v) is 7.06. The van der Waals surface area contributed by atoms with Crippen LogP contribution in [0.4, 0.5) is 4.39 Å². The van der Waals surface area contributed by atoms with Gasteiger partial charge >= 0.3 is 0 Å². The third-order valence-electron chi connectivity index (χ3n) is 7.06. The normalized spacial score (nSPS) is 24.2. The molecule has 2 fully saturated rings. The van der Waals surface area contributed by atoms with Gasteiger partial charge in [-0.3, -0.25) is 14.8 Å². The van der Waals surface area contributed by atoms with Crippen LogP contribution in [0.2, 0.25) is 0 Å². The molecule has 2 aliphatic heterocycles. The molecular formula is C27H30FN3O. The fourth-order valence-electron chi connectivity index (χ4n) is 5.49. The van der Waals surface area contributed by atoms with Crippen LogP contribution in [0.3, 0.4) is 0 Å². The topological polar surface area (TPSA) is 39.6 Å². The van der Waals surface area contributed by atoms with E-state index in [1.807, 2.05) is 42.7 Å². The zero-order valence-corrected chi connectivity index (χ0v) is 18.3. The number of rotatable bonds is 5. The Balaban J connectivity index is 1.37. The zero-order valence-electron chi connectivity index (χ0n) is 18.3. The maximum Gasteiger partial charge on any atom is 0.131 e. The lowest BCUT2D eigenvalue weighted by Gasteiger charge is -2.57. The molecule has 0 spiro atoms. The second kappa shape index (κ2) is 9.49. The summed E-state index contributed by atoms with van der Waals surface area (Å²) in [5, 5.41) is 10.2. The lowest BCUT2D eigenvalue weighted by atomic mass is 9.74. The maximum absolute atomic E-state index is 14.2. The summed E-state index contributed by atoms with van der Waals surface area (Å²) in [6, 6.07) is 19.8. The lowest BCUT2D eigenvalue weighted by Crippen LogP contribution is -2.67. The molecule has 3 heterocycles. The average molecular weight is 432 g/mol. The van der Waals surface area contributed by atoms with Crippen molar-refractivity contribution in [2.45, 2.75) is 37.4 Å². The predicted octanol–water partition coefficient (Wildman–Crippen LogP) is 4.31. The first-order chi connectivity index (χ1) is 15.7. The minimum Gasteiger partial charge on any atom is -0.395 e. The molecule has 0 bridgehead atoms. The summed E-state index contributed by atoms with van der Waals surface area (Å²) in [6.07, 6.45) is 6.09. The molecule has 0 aliphatic carbocycles. The predicted molar refractivity (Wildman–Crippen MR) is 125 cm³/mol. The van der Waals surface area contributed by atoms with Crippen LogP contribution < -0.4 is 0 Å². The van der Waals surface area contributed by atoms with Crippen molar-refractivity contribution in [2.75, 3.05) is 26.2 Å². The minimum atomic E-state index is -0.200. The molecule has 1 N–H and O–H groups in total. The molecule has 4 nitrogen and oxygen atoms in total. The van der Waals surface area contributed by atoms with Gasteiger partial charge in [-0.05, 0) is 54.8 Å². The molecule has 32 heavy (non-hydrogen) atoms. The van der Waals surface area contributed by atoms with Gasteiger partial charge in [0.05, 0.1) is 6.61 Å². The standard InChI is InChI=1S/C27H30FN3O/c28-24-8-2-1-7-23(24)21-9-11-22(12-10-21)27-25-18-30(17-20-6-5-13-29-16-20)14-3-4-15-31(25)26(27)19-32/h1-2,5-13,16,25-27,32H,3-4,14-15,17-19H2/t25-,26+,27-/m0/s1. The van der Waals surface area contributed by atoms with Gasteiger partial charge in [0.2, 0.25) is 0 Å². The van der Waals surface area contributed by atoms with Crippen molar-refractivity contribution in [1.82, 2.24) is 14.8 Å². The highest BCUT2D eigenvalue weighted by molar-refractivity contribution is 5.64. The van der Waals surface area contributed by atoms with Crippen molar-refractivity contribution < 1.29 is 9.50 Å². The Hall–Kier alpha value is -2.60. The Bertz CT molecular complexity index is 1030. The van der Waals surface area contributed by atoms with E-state index in [0.29, 0.717) is 11.6 Å². The van der Waals surface area contributed by atoms with E-state index >= 15 is 0 Å². The zero-order chi connectivity index (χ0) is 21.9. The number of nitrogens with zero attached hydrogens (tertiary/aromatic N) is 3. The fourth-order valence-corrected chi connectivity index (χ4v) is 5.49. The summed E-state index contributed by atoms with van der Waals surface area (Å²) < 4.78 is 14.2. The van der Waals surface area contributed by atoms with Crippen LogP contribution in [0.5, 0.6) is 0 Å². The molecule has 5 heteroatoms. The number of aliphatic hydroxyl groups is 1. The van der Waals surface area contributed by atoms with Crippen LogP contribution >= 0.6 is 0 Å². The van der Waals surface area contributed by atoms with E-state index in [9.17, 15) is 9.50 Å². The van der Waals surface area contributed by atoms with Crippen molar-refractivity contribution in [3.05, 3.63) is 90.0 Å². The van der Waals surface area contributed by atoms with Crippen LogP contribution in [0.25, 0.3) is 11.1 Å². The van der Waals surface area contributed by atoms with Gasteiger partial charge in [0.15, 0.2) is 0 Å². The SMILES string of the molecule is OC[C@@H]1[C@@H](c2ccc(-c3ccccc3F)cc2)[C@@H]2CN(Cc3cccnc3)CCCCN12. The van der Waals surface area contributed by atoms with E-state index in [2.05, 4.69) is 33.0 Å². The first kappa shape index (κ1) is 21.3. The molecule has 2 aromatic carbocycles. The number of hydrogen-bond acceptors (Lipinski definition) is 4. The van der Waals surface area contributed by atoms with Crippen LogP contribution in [0, 0.1) is 5.82 Å². The summed E-state index contributed by atoms with van der Waals surface area (Å²) in [5.74, 6) is 0.0820. The summed E-state index contributed by atoms with van der Waals surface area (Å²) in [4.78, 5) is 9.29. The molecule has 1 aromatic heterocycles. The third kappa shape index (κ3) is 4.20. The summed E-state index contributed by atoms with van der Waals surface area (Å²) in [5.41, 5.74) is 3.98. The second-order valence-electron chi connectivity index (χ2n) is 8.99. The first-order valence-corrected chi connectivity index (χ1v) is 11.6. The number of hydrogen-bond donors (Lipinski definition) is 1. The van der Waals surface area contributed by atoms with Gasteiger partial charge in [0, 0.05) is 49.0 Å². The van der Waals surface area contributed by atoms with Crippen LogP contribution in [-0.4, -0.2) is 58.2 Å². The minimum absolute atomic E-state index is 0.151. The average Bonchev–Trinajstić information content (AvgIpc) is 2.81. The highest BCUT2D eigenvalue weighted by atomic mass is 19.1. The van der Waals surface area contributed by atoms with Crippen molar-refractivity contribution in [3.63, 3.8) is 0 Å². The Labute approximate surface area is 189 Å². The molecule has 0 radical (unpaired) electrons. The number of benzene rings is 2. The molecule has 2 aliphatic rings. The Morgan fingerprint density at radius 3 is 2.53 bits per heavy atom. The number of halogens is 1. The number of aliphatic hydroxyl groups excluding tert-OH is 1. The van der Waals surface area contributed by atoms with Gasteiger partial charge in [-0.2, -0.15) is 0 Å². The number of aromatic nitrogens is 1. The molecule has 3 aromatic rings. The highest BCUT2D eigenvalue weighted by Crippen LogP contribution is 2.42. The Kier molecular flexibility index (Phi) is 6.30. The lowest BCUT2D eigenvalue weighted by molar-refractivity contribution is -0.0655. The molecule has 5 rings (SSSR count). The van der Waals surface area contributed by atoms with Crippen LogP contribution in [-0.2, 0) is 6.54 Å². The van der Waals surface area contributed by atoms with Crippen molar-refractivity contribution in [3.8, 4) is 11.1 Å². The van der Waals surface area contributed by atoms with Gasteiger partial charge in [0.1, 0.15) is 5.82 Å². The van der Waals surface area contributed by atoms with Gasteiger partial charge < -0.3 is 5.11 Å². The first-order valence-electron chi connectivity index (χ1n) is 11.6. The molecule has 166 valence electrons. The molecule has 2 saturated heterocycles. The van der Waals surface area contributed by atoms with E-state index in [4.69, 9.17) is 0 Å². The molecule has 0 amide bonds. The van der Waals surface area contributed by atoms with Gasteiger partial charge in [0.25, 0.3) is 0 Å². The van der Waals surface area contributed by atoms with Gasteiger partial charge in [-0.1, -0.05) is 48.5 Å². The monoisotopic (exact) mass is 431 g/mol. The van der Waals surface area contributed by atoms with Crippen LogP contribution in [0.1, 0.15) is 29.9 Å². The second-order valence-corrected chi connectivity index (χ2v) is 8.99. The summed E-state index contributed by atoms with van der Waals surface area (Å²) in [7, 11) is 0. The number of pyridine rings is 1. The number of fused-ring (bicyclic) bond motifs is 1. The Morgan fingerprint density at radius 2 is 1.78 bits per heavy atom. The van der Waals surface area contributed by atoms with E-state index in [-0.39, 0.29) is 24.4 Å². The highest BCUT2D eigenvalue weighted by Gasteiger charge is 2.49. The fraction of sp³-hybridized carbons (Fsp3) is 0.370. The summed E-state index contributed by atoms with van der Waals surface area (Å²) in [6.45, 7) is 4.17. The van der Waals surface area contributed by atoms with Crippen LogP contribution in [0.15, 0.2) is 73.1 Å². The smallest absolute Gasteiger partial charge is 0.131 e. The van der Waals surface area contributed by atoms with Crippen molar-refractivity contribution >= 4 is 0 Å². The van der Waals surface area contributed by atoms with E-state index in [0.717, 1.165) is 38.2 Å². The summed E-state index contributed by atoms with van der Waals surface area (Å²) >= 11 is 0. The van der Waals surface area contributed by atoms with Crippen molar-refractivity contribution in [2.24, 2.45) is 0 Å². The molecule has 0 saturated carbocycles. The molecule has 3 atom stereocenters. The molecular weight excluding hydrogens is 401 g/mol. The van der Waals surface area contributed by atoms with Gasteiger partial charge in [-0.15, -0.1) is 0 Å². The quantitative estimate of drug-likeness (QED) is 0.653.